The van der Waals surface area contributed by atoms with Crippen molar-refractivity contribution in [1.82, 2.24) is 15.0 Å². The second-order valence-electron chi connectivity index (χ2n) is 6.34. The zero-order valence-electron chi connectivity index (χ0n) is 12.3. The lowest BCUT2D eigenvalue weighted by molar-refractivity contribution is 0.161. The van der Waals surface area contributed by atoms with Crippen molar-refractivity contribution in [3.63, 3.8) is 0 Å². The van der Waals surface area contributed by atoms with Crippen molar-refractivity contribution >= 4 is 16.9 Å². The van der Waals surface area contributed by atoms with E-state index in [9.17, 15) is 5.11 Å². The molecule has 2 N–H and O–H groups in total. The lowest BCUT2D eigenvalue weighted by Gasteiger charge is -2.23. The number of hydrogen-bond acceptors (Lipinski definition) is 4. The van der Waals surface area contributed by atoms with Crippen LogP contribution in [0.15, 0.2) is 12.5 Å². The van der Waals surface area contributed by atoms with Crippen molar-refractivity contribution in [2.45, 2.75) is 27.2 Å². The Bertz CT molecular complexity index is 619. The summed E-state index contributed by atoms with van der Waals surface area (Å²) < 4.78 is 0. The number of rotatable bonds is 3. The van der Waals surface area contributed by atoms with E-state index in [1.807, 2.05) is 6.20 Å². The Labute approximate surface area is 119 Å². The fourth-order valence-corrected chi connectivity index (χ4v) is 3.19. The fourth-order valence-electron chi connectivity index (χ4n) is 3.19. The minimum absolute atomic E-state index is 0.106. The fraction of sp³-hybridized carbons (Fsp3) is 0.600. The summed E-state index contributed by atoms with van der Waals surface area (Å²) in [6.07, 6.45) is 4.60. The molecule has 1 aliphatic rings. The first-order chi connectivity index (χ1) is 9.56. The molecule has 2 aromatic heterocycles. The van der Waals surface area contributed by atoms with Gasteiger partial charge in [-0.25, -0.2) is 9.97 Å². The number of nitrogens with zero attached hydrogens (tertiary/aromatic N) is 3. The number of aromatic nitrogens is 3. The summed E-state index contributed by atoms with van der Waals surface area (Å²) in [5.41, 5.74) is 2.26. The van der Waals surface area contributed by atoms with Gasteiger partial charge in [0.05, 0.1) is 5.39 Å². The van der Waals surface area contributed by atoms with Gasteiger partial charge in [0.1, 0.15) is 17.8 Å². The summed E-state index contributed by atoms with van der Waals surface area (Å²) >= 11 is 0. The van der Waals surface area contributed by atoms with Crippen molar-refractivity contribution in [2.24, 2.45) is 11.3 Å². The molecular weight excluding hydrogens is 252 g/mol. The third-order valence-corrected chi connectivity index (χ3v) is 4.58. The van der Waals surface area contributed by atoms with Gasteiger partial charge in [-0.1, -0.05) is 20.8 Å². The summed E-state index contributed by atoms with van der Waals surface area (Å²) in [6.45, 7) is 8.56. The molecule has 1 atom stereocenters. The third kappa shape index (κ3) is 1.97. The molecule has 1 aliphatic heterocycles. The Balaban J connectivity index is 2.05. The highest BCUT2D eigenvalue weighted by Gasteiger charge is 2.40. The van der Waals surface area contributed by atoms with Crippen LogP contribution < -0.4 is 4.90 Å². The van der Waals surface area contributed by atoms with Crippen molar-refractivity contribution in [3.8, 4) is 0 Å². The standard InChI is InChI=1S/C15H22N4O/c1-4-10-5-16-13-12(10)14(18-9-17-13)19-6-11(7-20)15(2,3)8-19/h5,9,11,20H,4,6-8H2,1-3H3,(H,16,17,18). The van der Waals surface area contributed by atoms with E-state index in [0.29, 0.717) is 0 Å². The highest BCUT2D eigenvalue weighted by atomic mass is 16.3. The topological polar surface area (TPSA) is 65.0 Å². The van der Waals surface area contributed by atoms with Gasteiger partial charge in [0.15, 0.2) is 0 Å². The number of nitrogens with one attached hydrogen (secondary N) is 1. The molecule has 0 aliphatic carbocycles. The van der Waals surface area contributed by atoms with Gasteiger partial charge in [0.25, 0.3) is 0 Å². The van der Waals surface area contributed by atoms with E-state index in [0.717, 1.165) is 36.4 Å². The monoisotopic (exact) mass is 274 g/mol. The largest absolute Gasteiger partial charge is 0.396 e. The molecule has 5 nitrogen and oxygen atoms in total. The van der Waals surface area contributed by atoms with Crippen LogP contribution in [0.25, 0.3) is 11.0 Å². The Hall–Kier alpha value is -1.62. The molecule has 1 fully saturated rings. The second kappa shape index (κ2) is 4.74. The van der Waals surface area contributed by atoms with Crippen LogP contribution in [0, 0.1) is 11.3 Å². The molecule has 3 heterocycles. The van der Waals surface area contributed by atoms with Gasteiger partial charge in [-0.2, -0.15) is 0 Å². The Morgan fingerprint density at radius 2 is 2.25 bits per heavy atom. The lowest BCUT2D eigenvalue weighted by Crippen LogP contribution is -2.25. The van der Waals surface area contributed by atoms with Crippen LogP contribution >= 0.6 is 0 Å². The van der Waals surface area contributed by atoms with Crippen LogP contribution in [0.1, 0.15) is 26.3 Å². The summed E-state index contributed by atoms with van der Waals surface area (Å²) in [7, 11) is 0. The average molecular weight is 274 g/mol. The van der Waals surface area contributed by atoms with Gasteiger partial charge in [-0.05, 0) is 17.4 Å². The van der Waals surface area contributed by atoms with Crippen LogP contribution in [0.4, 0.5) is 5.82 Å². The van der Waals surface area contributed by atoms with E-state index < -0.39 is 0 Å². The van der Waals surface area contributed by atoms with Gasteiger partial charge >= 0.3 is 0 Å². The van der Waals surface area contributed by atoms with E-state index in [1.54, 1.807) is 6.33 Å². The average Bonchev–Trinajstić information content (AvgIpc) is 2.98. The first-order valence-corrected chi connectivity index (χ1v) is 7.23. The molecule has 2 aromatic rings. The Morgan fingerprint density at radius 1 is 1.45 bits per heavy atom. The van der Waals surface area contributed by atoms with Crippen molar-refractivity contribution in [2.75, 3.05) is 24.6 Å². The molecule has 108 valence electrons. The minimum atomic E-state index is 0.106. The number of fused-ring (bicyclic) bond motifs is 1. The van der Waals surface area contributed by atoms with Crippen LogP contribution in [-0.4, -0.2) is 39.8 Å². The summed E-state index contributed by atoms with van der Waals surface area (Å²) in [4.78, 5) is 14.3. The van der Waals surface area contributed by atoms with Crippen LogP contribution in [0.3, 0.4) is 0 Å². The number of hydrogen-bond donors (Lipinski definition) is 2. The van der Waals surface area contributed by atoms with Crippen LogP contribution in [0.5, 0.6) is 0 Å². The molecule has 0 saturated carbocycles. The van der Waals surface area contributed by atoms with E-state index in [2.05, 4.69) is 40.6 Å². The summed E-state index contributed by atoms with van der Waals surface area (Å²) in [6, 6.07) is 0. The number of aliphatic hydroxyl groups excluding tert-OH is 1. The van der Waals surface area contributed by atoms with Crippen molar-refractivity contribution in [3.05, 3.63) is 18.1 Å². The minimum Gasteiger partial charge on any atom is -0.396 e. The molecule has 5 heteroatoms. The van der Waals surface area contributed by atoms with E-state index in [-0.39, 0.29) is 17.9 Å². The first kappa shape index (κ1) is 13.4. The van der Waals surface area contributed by atoms with Gasteiger partial charge in [0.2, 0.25) is 0 Å². The predicted molar refractivity (Wildman–Crippen MR) is 79.8 cm³/mol. The molecule has 0 spiro atoms. The molecule has 0 bridgehead atoms. The molecule has 3 rings (SSSR count). The number of H-pyrrole nitrogens is 1. The number of aryl methyl sites for hydroxylation is 1. The summed E-state index contributed by atoms with van der Waals surface area (Å²) in [5.74, 6) is 1.29. The number of aromatic amines is 1. The Kier molecular flexibility index (Phi) is 3.17. The zero-order valence-corrected chi connectivity index (χ0v) is 12.3. The second-order valence-corrected chi connectivity index (χ2v) is 6.34. The quantitative estimate of drug-likeness (QED) is 0.898. The van der Waals surface area contributed by atoms with E-state index >= 15 is 0 Å². The maximum Gasteiger partial charge on any atom is 0.143 e. The molecule has 1 unspecified atom stereocenters. The van der Waals surface area contributed by atoms with E-state index in [4.69, 9.17) is 0 Å². The van der Waals surface area contributed by atoms with Crippen molar-refractivity contribution in [1.29, 1.82) is 0 Å². The molecule has 1 saturated heterocycles. The molecule has 20 heavy (non-hydrogen) atoms. The van der Waals surface area contributed by atoms with Gasteiger partial charge in [0, 0.05) is 31.8 Å². The molecule has 0 radical (unpaired) electrons. The highest BCUT2D eigenvalue weighted by Crippen LogP contribution is 2.39. The smallest absolute Gasteiger partial charge is 0.143 e. The van der Waals surface area contributed by atoms with Crippen molar-refractivity contribution < 1.29 is 5.11 Å². The molecular formula is C15H22N4O. The molecule has 0 aromatic carbocycles. The number of anilines is 1. The normalized spacial score (nSPS) is 21.8. The number of aliphatic hydroxyl groups is 1. The maximum atomic E-state index is 9.57. The molecule has 0 amide bonds. The van der Waals surface area contributed by atoms with Gasteiger partial charge in [-0.3, -0.25) is 0 Å². The van der Waals surface area contributed by atoms with Crippen LogP contribution in [0.2, 0.25) is 0 Å². The lowest BCUT2D eigenvalue weighted by atomic mass is 9.83. The van der Waals surface area contributed by atoms with Crippen LogP contribution in [-0.2, 0) is 6.42 Å². The third-order valence-electron chi connectivity index (χ3n) is 4.58. The SMILES string of the molecule is CCc1c[nH]c2ncnc(N3CC(CO)C(C)(C)C3)c12. The first-order valence-electron chi connectivity index (χ1n) is 7.23. The summed E-state index contributed by atoms with van der Waals surface area (Å²) in [5, 5.41) is 10.7. The van der Waals surface area contributed by atoms with Gasteiger partial charge < -0.3 is 15.0 Å². The highest BCUT2D eigenvalue weighted by molar-refractivity contribution is 5.91. The van der Waals surface area contributed by atoms with Gasteiger partial charge in [-0.15, -0.1) is 0 Å². The Morgan fingerprint density at radius 3 is 2.90 bits per heavy atom. The maximum absolute atomic E-state index is 9.57. The predicted octanol–water partition coefficient (Wildman–Crippen LogP) is 1.97. The zero-order chi connectivity index (χ0) is 14.3. The van der Waals surface area contributed by atoms with E-state index in [1.165, 1.54) is 5.56 Å².